The van der Waals surface area contributed by atoms with Crippen LogP contribution in [0.1, 0.15) is 30.5 Å². The summed E-state index contributed by atoms with van der Waals surface area (Å²) in [5.41, 5.74) is 2.83. The standard InChI is InChI=1S/C12H16ClNS/c1-2-5-14-12-8-15-7-9-3-4-10(13)6-11(9)12/h3-4,6,12,14H,2,5,7-8H2,1H3. The SMILES string of the molecule is CCCNC1CSCc2ccc(Cl)cc21. The Morgan fingerprint density at radius 3 is 3.20 bits per heavy atom. The molecular formula is C12H16ClNS. The van der Waals surface area contributed by atoms with Gasteiger partial charge in [0.2, 0.25) is 0 Å². The van der Waals surface area contributed by atoms with Crippen LogP contribution < -0.4 is 5.32 Å². The van der Waals surface area contributed by atoms with E-state index in [9.17, 15) is 0 Å². The van der Waals surface area contributed by atoms with Crippen LogP contribution in [0.15, 0.2) is 18.2 Å². The Bertz CT molecular complexity index is 340. The predicted molar refractivity (Wildman–Crippen MR) is 68.6 cm³/mol. The Kier molecular flexibility index (Phi) is 3.95. The van der Waals surface area contributed by atoms with Crippen LogP contribution in [-0.4, -0.2) is 12.3 Å². The van der Waals surface area contributed by atoms with Crippen LogP contribution >= 0.6 is 23.4 Å². The molecule has 1 aliphatic heterocycles. The van der Waals surface area contributed by atoms with Crippen molar-refractivity contribution in [3.63, 3.8) is 0 Å². The molecule has 0 fully saturated rings. The molecule has 0 bridgehead atoms. The van der Waals surface area contributed by atoms with Crippen LogP contribution in [0.4, 0.5) is 0 Å². The Labute approximate surface area is 101 Å². The first-order chi connectivity index (χ1) is 7.31. The first kappa shape index (κ1) is 11.3. The van der Waals surface area contributed by atoms with E-state index in [1.165, 1.54) is 17.5 Å². The molecule has 0 radical (unpaired) electrons. The minimum atomic E-state index is 0.484. The van der Waals surface area contributed by atoms with Crippen molar-refractivity contribution in [1.82, 2.24) is 5.32 Å². The maximum absolute atomic E-state index is 6.04. The number of halogens is 1. The highest BCUT2D eigenvalue weighted by Gasteiger charge is 2.19. The lowest BCUT2D eigenvalue weighted by Gasteiger charge is -2.26. The van der Waals surface area contributed by atoms with E-state index in [0.717, 1.165) is 23.1 Å². The normalized spacial score (nSPS) is 20.0. The van der Waals surface area contributed by atoms with Crippen LogP contribution in [0, 0.1) is 0 Å². The minimum Gasteiger partial charge on any atom is -0.309 e. The van der Waals surface area contributed by atoms with Crippen LogP contribution in [0.5, 0.6) is 0 Å². The second-order valence-corrected chi connectivity index (χ2v) is 5.33. The van der Waals surface area contributed by atoms with Crippen molar-refractivity contribution in [1.29, 1.82) is 0 Å². The summed E-state index contributed by atoms with van der Waals surface area (Å²) >= 11 is 8.04. The second kappa shape index (κ2) is 5.24. The van der Waals surface area contributed by atoms with Gasteiger partial charge in [0.1, 0.15) is 0 Å². The van der Waals surface area contributed by atoms with Crippen LogP contribution in [0.25, 0.3) is 0 Å². The van der Waals surface area contributed by atoms with Crippen molar-refractivity contribution < 1.29 is 0 Å². The molecule has 1 atom stereocenters. The molecule has 1 unspecified atom stereocenters. The third-order valence-electron chi connectivity index (χ3n) is 2.67. The molecule has 0 aliphatic carbocycles. The minimum absolute atomic E-state index is 0.484. The molecule has 0 amide bonds. The zero-order valence-electron chi connectivity index (χ0n) is 8.92. The third kappa shape index (κ3) is 2.68. The van der Waals surface area contributed by atoms with Gasteiger partial charge in [-0.15, -0.1) is 0 Å². The first-order valence-electron chi connectivity index (χ1n) is 5.40. The van der Waals surface area contributed by atoms with E-state index in [1.54, 1.807) is 0 Å². The molecule has 15 heavy (non-hydrogen) atoms. The van der Waals surface area contributed by atoms with Gasteiger partial charge in [0, 0.05) is 22.6 Å². The average Bonchev–Trinajstić information content (AvgIpc) is 2.26. The molecule has 1 nitrogen and oxygen atoms in total. The quantitative estimate of drug-likeness (QED) is 0.868. The maximum Gasteiger partial charge on any atom is 0.0415 e. The van der Waals surface area contributed by atoms with Crippen molar-refractivity contribution in [3.05, 3.63) is 34.3 Å². The molecule has 82 valence electrons. The first-order valence-corrected chi connectivity index (χ1v) is 6.94. The molecule has 1 aromatic rings. The summed E-state index contributed by atoms with van der Waals surface area (Å²) in [7, 11) is 0. The topological polar surface area (TPSA) is 12.0 Å². The fourth-order valence-corrected chi connectivity index (χ4v) is 3.20. The molecule has 0 aromatic heterocycles. The van der Waals surface area contributed by atoms with E-state index in [4.69, 9.17) is 11.6 Å². The van der Waals surface area contributed by atoms with Crippen LogP contribution in [0.3, 0.4) is 0 Å². The Hall–Kier alpha value is -0.180. The lowest BCUT2D eigenvalue weighted by atomic mass is 10.0. The highest BCUT2D eigenvalue weighted by Crippen LogP contribution is 2.33. The van der Waals surface area contributed by atoms with E-state index in [1.807, 2.05) is 17.8 Å². The number of fused-ring (bicyclic) bond motifs is 1. The van der Waals surface area contributed by atoms with Gasteiger partial charge in [0.15, 0.2) is 0 Å². The van der Waals surface area contributed by atoms with Crippen molar-refractivity contribution in [2.75, 3.05) is 12.3 Å². The van der Waals surface area contributed by atoms with Crippen molar-refractivity contribution in [2.24, 2.45) is 0 Å². The van der Waals surface area contributed by atoms with E-state index in [2.05, 4.69) is 24.4 Å². The van der Waals surface area contributed by atoms with Gasteiger partial charge < -0.3 is 5.32 Å². The number of nitrogens with one attached hydrogen (secondary N) is 1. The Morgan fingerprint density at radius 2 is 2.40 bits per heavy atom. The van der Waals surface area contributed by atoms with E-state index in [0.29, 0.717) is 6.04 Å². The molecule has 0 saturated heterocycles. The molecule has 1 N–H and O–H groups in total. The van der Waals surface area contributed by atoms with Crippen molar-refractivity contribution in [3.8, 4) is 0 Å². The van der Waals surface area contributed by atoms with Gasteiger partial charge in [0.25, 0.3) is 0 Å². The van der Waals surface area contributed by atoms with Gasteiger partial charge in [-0.2, -0.15) is 11.8 Å². The Morgan fingerprint density at radius 1 is 1.53 bits per heavy atom. The molecule has 1 aliphatic rings. The van der Waals surface area contributed by atoms with E-state index < -0.39 is 0 Å². The summed E-state index contributed by atoms with van der Waals surface area (Å²) in [6.45, 7) is 3.28. The molecule has 1 aromatic carbocycles. The smallest absolute Gasteiger partial charge is 0.0415 e. The molecular weight excluding hydrogens is 226 g/mol. The zero-order chi connectivity index (χ0) is 10.7. The monoisotopic (exact) mass is 241 g/mol. The molecule has 2 rings (SSSR count). The lowest BCUT2D eigenvalue weighted by molar-refractivity contribution is 0.571. The molecule has 0 saturated carbocycles. The molecule has 0 spiro atoms. The largest absolute Gasteiger partial charge is 0.309 e. The van der Waals surface area contributed by atoms with Gasteiger partial charge in [-0.3, -0.25) is 0 Å². The number of hydrogen-bond donors (Lipinski definition) is 1. The number of benzene rings is 1. The zero-order valence-corrected chi connectivity index (χ0v) is 10.5. The summed E-state index contributed by atoms with van der Waals surface area (Å²) in [4.78, 5) is 0. The summed E-state index contributed by atoms with van der Waals surface area (Å²) in [5.74, 6) is 2.28. The summed E-state index contributed by atoms with van der Waals surface area (Å²) in [6, 6.07) is 6.75. The lowest BCUT2D eigenvalue weighted by Crippen LogP contribution is -2.27. The van der Waals surface area contributed by atoms with Gasteiger partial charge in [-0.25, -0.2) is 0 Å². The predicted octanol–water partition coefficient (Wildman–Crippen LogP) is 3.63. The van der Waals surface area contributed by atoms with Crippen LogP contribution in [-0.2, 0) is 5.75 Å². The average molecular weight is 242 g/mol. The van der Waals surface area contributed by atoms with Gasteiger partial charge in [-0.05, 0) is 36.2 Å². The van der Waals surface area contributed by atoms with E-state index in [-0.39, 0.29) is 0 Å². The highest BCUT2D eigenvalue weighted by molar-refractivity contribution is 7.98. The fraction of sp³-hybridized carbons (Fsp3) is 0.500. The van der Waals surface area contributed by atoms with Crippen LogP contribution in [0.2, 0.25) is 5.02 Å². The molecule has 3 heteroatoms. The maximum atomic E-state index is 6.04. The number of hydrogen-bond acceptors (Lipinski definition) is 2. The van der Waals surface area contributed by atoms with Gasteiger partial charge in [-0.1, -0.05) is 24.6 Å². The van der Waals surface area contributed by atoms with Gasteiger partial charge in [0.05, 0.1) is 0 Å². The van der Waals surface area contributed by atoms with E-state index >= 15 is 0 Å². The number of thioether (sulfide) groups is 1. The molecule has 1 heterocycles. The summed E-state index contributed by atoms with van der Waals surface area (Å²) in [6.07, 6.45) is 1.18. The van der Waals surface area contributed by atoms with Gasteiger partial charge >= 0.3 is 0 Å². The summed E-state index contributed by atoms with van der Waals surface area (Å²) < 4.78 is 0. The number of rotatable bonds is 3. The van der Waals surface area contributed by atoms with Crippen molar-refractivity contribution >= 4 is 23.4 Å². The summed E-state index contributed by atoms with van der Waals surface area (Å²) in [5, 5.41) is 4.43. The van der Waals surface area contributed by atoms with Crippen molar-refractivity contribution in [2.45, 2.75) is 25.1 Å². The highest BCUT2D eigenvalue weighted by atomic mass is 35.5. The Balaban J connectivity index is 2.20. The second-order valence-electron chi connectivity index (χ2n) is 3.86. The fourth-order valence-electron chi connectivity index (χ4n) is 1.89. The third-order valence-corrected chi connectivity index (χ3v) is 3.99.